The number of carbonyl (C=O) groups is 2. The van der Waals surface area contributed by atoms with E-state index in [1.165, 1.54) is 0 Å². The molecule has 2 aromatic rings. The van der Waals surface area contributed by atoms with Crippen LogP contribution in [0, 0.1) is 11.8 Å². The van der Waals surface area contributed by atoms with Crippen molar-refractivity contribution in [2.75, 3.05) is 26.3 Å². The van der Waals surface area contributed by atoms with Crippen LogP contribution in [-0.2, 0) is 0 Å². The van der Waals surface area contributed by atoms with Gasteiger partial charge in [-0.05, 0) is 92.9 Å². The van der Waals surface area contributed by atoms with Gasteiger partial charge in [0.15, 0.2) is 0 Å². The molecule has 0 aliphatic carbocycles. The second kappa shape index (κ2) is 17.5. The predicted molar refractivity (Wildman–Crippen MR) is 161 cm³/mol. The highest BCUT2D eigenvalue weighted by atomic mass is 79.9. The Morgan fingerprint density at radius 3 is 1.37 bits per heavy atom. The van der Waals surface area contributed by atoms with Gasteiger partial charge < -0.3 is 20.1 Å². The molecule has 38 heavy (non-hydrogen) atoms. The predicted octanol–water partition coefficient (Wildman–Crippen LogP) is 7.78. The molecule has 0 aromatic heterocycles. The highest BCUT2D eigenvalue weighted by molar-refractivity contribution is 9.10. The average molecular weight is 654 g/mol. The molecule has 2 N–H and O–H groups in total. The van der Waals surface area contributed by atoms with Crippen LogP contribution in [0.2, 0.25) is 0 Å². The van der Waals surface area contributed by atoms with Crippen LogP contribution in [0.15, 0.2) is 45.3 Å². The lowest BCUT2D eigenvalue weighted by molar-refractivity contribution is 0.0944. The fourth-order valence-electron chi connectivity index (χ4n) is 3.60. The number of hydrogen-bond donors (Lipinski definition) is 2. The molecule has 0 saturated heterocycles. The first-order valence-electron chi connectivity index (χ1n) is 13.6. The molecule has 2 amide bonds. The number of rotatable bonds is 17. The van der Waals surface area contributed by atoms with Gasteiger partial charge in [-0.15, -0.1) is 0 Å². The molecule has 0 spiro atoms. The van der Waals surface area contributed by atoms with Crippen LogP contribution in [0.5, 0.6) is 11.5 Å². The Balaban J connectivity index is 1.53. The summed E-state index contributed by atoms with van der Waals surface area (Å²) in [6.45, 7) is 11.0. The molecule has 2 aromatic carbocycles. The summed E-state index contributed by atoms with van der Waals surface area (Å²) in [6, 6.07) is 10.9. The molecular weight excluding hydrogens is 612 g/mol. The van der Waals surface area contributed by atoms with E-state index in [1.54, 1.807) is 24.3 Å². The third-order valence-electron chi connectivity index (χ3n) is 5.71. The van der Waals surface area contributed by atoms with Crippen molar-refractivity contribution in [1.82, 2.24) is 10.6 Å². The maximum atomic E-state index is 12.4. The van der Waals surface area contributed by atoms with Crippen molar-refractivity contribution in [1.29, 1.82) is 0 Å². The zero-order chi connectivity index (χ0) is 27.9. The van der Waals surface area contributed by atoms with Crippen molar-refractivity contribution < 1.29 is 19.1 Å². The van der Waals surface area contributed by atoms with Crippen LogP contribution in [-0.4, -0.2) is 38.1 Å². The molecular formula is C30H42Br2N2O4. The lowest BCUT2D eigenvalue weighted by Crippen LogP contribution is -2.24. The number of ether oxygens (including phenoxy) is 2. The standard InChI is InChI=1S/C30H42Br2N2O4/c1-21(2)19-37-27-13-11-23(17-25(27)31)29(35)33-15-9-7-5-6-8-10-16-34-30(36)24-12-14-28(26(32)18-24)38-20-22(3)4/h11-14,17-18,21-22H,5-10,15-16,19-20H2,1-4H3,(H,33,35)(H,34,36). The number of nitrogens with one attached hydrogen (secondary N) is 2. The van der Waals surface area contributed by atoms with E-state index in [1.807, 2.05) is 12.1 Å². The molecule has 0 atom stereocenters. The minimum Gasteiger partial charge on any atom is -0.492 e. The van der Waals surface area contributed by atoms with Gasteiger partial charge >= 0.3 is 0 Å². The quantitative estimate of drug-likeness (QED) is 0.171. The van der Waals surface area contributed by atoms with Gasteiger partial charge in [-0.2, -0.15) is 0 Å². The monoisotopic (exact) mass is 652 g/mol. The summed E-state index contributed by atoms with van der Waals surface area (Å²) < 4.78 is 13.1. The summed E-state index contributed by atoms with van der Waals surface area (Å²) in [6.07, 6.45) is 6.26. The molecule has 0 heterocycles. The molecule has 0 unspecified atom stereocenters. The lowest BCUT2D eigenvalue weighted by Gasteiger charge is -2.12. The molecule has 0 radical (unpaired) electrons. The second-order valence-corrected chi connectivity index (χ2v) is 12.0. The van der Waals surface area contributed by atoms with Crippen LogP contribution >= 0.6 is 31.9 Å². The normalized spacial score (nSPS) is 11.1. The Morgan fingerprint density at radius 1 is 0.658 bits per heavy atom. The molecule has 2 rings (SSSR count). The van der Waals surface area contributed by atoms with Gasteiger partial charge in [0.2, 0.25) is 0 Å². The third kappa shape index (κ3) is 12.2. The van der Waals surface area contributed by atoms with Crippen LogP contribution < -0.4 is 20.1 Å². The highest BCUT2D eigenvalue weighted by Gasteiger charge is 2.11. The van der Waals surface area contributed by atoms with Crippen LogP contribution in [0.1, 0.15) is 86.9 Å². The van der Waals surface area contributed by atoms with Gasteiger partial charge in [-0.1, -0.05) is 53.4 Å². The van der Waals surface area contributed by atoms with Crippen LogP contribution in [0.25, 0.3) is 0 Å². The summed E-state index contributed by atoms with van der Waals surface area (Å²) in [4.78, 5) is 24.8. The van der Waals surface area contributed by atoms with Crippen molar-refractivity contribution in [2.45, 2.75) is 66.2 Å². The fraction of sp³-hybridized carbons (Fsp3) is 0.533. The van der Waals surface area contributed by atoms with Gasteiger partial charge in [-0.3, -0.25) is 9.59 Å². The Kier molecular flexibility index (Phi) is 14.8. The first-order chi connectivity index (χ1) is 18.2. The molecule has 0 fully saturated rings. The summed E-state index contributed by atoms with van der Waals surface area (Å²) in [5, 5.41) is 5.99. The number of benzene rings is 2. The molecule has 0 saturated carbocycles. The van der Waals surface area contributed by atoms with Crippen molar-refractivity contribution in [3.8, 4) is 11.5 Å². The number of hydrogen-bond acceptors (Lipinski definition) is 4. The van der Waals surface area contributed by atoms with Crippen molar-refractivity contribution in [2.24, 2.45) is 11.8 Å². The first kappa shape index (κ1) is 32.2. The van der Waals surface area contributed by atoms with Crippen molar-refractivity contribution in [3.63, 3.8) is 0 Å². The van der Waals surface area contributed by atoms with Gasteiger partial charge in [0.25, 0.3) is 11.8 Å². The molecule has 6 nitrogen and oxygen atoms in total. The summed E-state index contributed by atoms with van der Waals surface area (Å²) >= 11 is 6.99. The Hall–Kier alpha value is -2.06. The Bertz CT molecular complexity index is 946. The number of unbranched alkanes of at least 4 members (excludes halogenated alkanes) is 5. The van der Waals surface area contributed by atoms with Gasteiger partial charge in [0, 0.05) is 24.2 Å². The van der Waals surface area contributed by atoms with E-state index in [4.69, 9.17) is 9.47 Å². The Morgan fingerprint density at radius 2 is 1.03 bits per heavy atom. The SMILES string of the molecule is CC(C)COc1ccc(C(=O)NCCCCCCCCNC(=O)c2ccc(OCC(C)C)c(Br)c2)cc1Br. The van der Waals surface area contributed by atoms with Crippen molar-refractivity contribution in [3.05, 3.63) is 56.5 Å². The van der Waals surface area contributed by atoms with E-state index in [2.05, 4.69) is 70.2 Å². The lowest BCUT2D eigenvalue weighted by atomic mass is 10.1. The number of carbonyl (C=O) groups excluding carboxylic acids is 2. The number of amides is 2. The first-order valence-corrected chi connectivity index (χ1v) is 15.2. The molecule has 0 bridgehead atoms. The van der Waals surface area contributed by atoms with Gasteiger partial charge in [0.05, 0.1) is 22.2 Å². The van der Waals surface area contributed by atoms with Crippen molar-refractivity contribution >= 4 is 43.7 Å². The topological polar surface area (TPSA) is 76.7 Å². The van der Waals surface area contributed by atoms with E-state index in [0.717, 1.165) is 59.0 Å². The fourth-order valence-corrected chi connectivity index (χ4v) is 4.58. The smallest absolute Gasteiger partial charge is 0.251 e. The van der Waals surface area contributed by atoms with E-state index in [-0.39, 0.29) is 11.8 Å². The minimum absolute atomic E-state index is 0.0680. The Labute approximate surface area is 244 Å². The highest BCUT2D eigenvalue weighted by Crippen LogP contribution is 2.27. The minimum atomic E-state index is -0.0680. The maximum Gasteiger partial charge on any atom is 0.251 e. The van der Waals surface area contributed by atoms with E-state index >= 15 is 0 Å². The van der Waals surface area contributed by atoms with E-state index in [9.17, 15) is 9.59 Å². The maximum absolute atomic E-state index is 12.4. The number of halogens is 2. The van der Waals surface area contributed by atoms with Crippen LogP contribution in [0.3, 0.4) is 0 Å². The zero-order valence-electron chi connectivity index (χ0n) is 23.1. The summed E-state index contributed by atoms with van der Waals surface area (Å²) in [5.41, 5.74) is 1.25. The third-order valence-corrected chi connectivity index (χ3v) is 6.95. The van der Waals surface area contributed by atoms with E-state index in [0.29, 0.717) is 49.3 Å². The molecule has 0 aliphatic rings. The average Bonchev–Trinajstić information content (AvgIpc) is 2.87. The van der Waals surface area contributed by atoms with Gasteiger partial charge in [0.1, 0.15) is 11.5 Å². The molecule has 210 valence electrons. The van der Waals surface area contributed by atoms with Crippen LogP contribution in [0.4, 0.5) is 0 Å². The molecule has 0 aliphatic heterocycles. The summed E-state index contributed by atoms with van der Waals surface area (Å²) in [5.74, 6) is 2.26. The zero-order valence-corrected chi connectivity index (χ0v) is 26.3. The summed E-state index contributed by atoms with van der Waals surface area (Å²) in [7, 11) is 0. The molecule has 8 heteroatoms. The second-order valence-electron chi connectivity index (χ2n) is 10.3. The van der Waals surface area contributed by atoms with Gasteiger partial charge in [-0.25, -0.2) is 0 Å². The van der Waals surface area contributed by atoms with E-state index < -0.39 is 0 Å². The largest absolute Gasteiger partial charge is 0.492 e.